The topological polar surface area (TPSA) is 36.4 Å². The molecule has 1 amide bonds. The van der Waals surface area contributed by atoms with Gasteiger partial charge in [-0.3, -0.25) is 9.78 Å². The molecule has 0 aliphatic carbocycles. The molecule has 0 saturated carbocycles. The van der Waals surface area contributed by atoms with Gasteiger partial charge in [0, 0.05) is 36.8 Å². The first-order valence-corrected chi connectivity index (χ1v) is 8.50. The first kappa shape index (κ1) is 15.5. The summed E-state index contributed by atoms with van der Waals surface area (Å²) in [5.41, 5.74) is 3.59. The highest BCUT2D eigenvalue weighted by Gasteiger charge is 2.29. The number of amides is 1. The fourth-order valence-electron chi connectivity index (χ4n) is 3.46. The van der Waals surface area contributed by atoms with Gasteiger partial charge in [-0.05, 0) is 50.5 Å². The Morgan fingerprint density at radius 3 is 2.64 bits per heavy atom. The maximum atomic E-state index is 12.7. The van der Waals surface area contributed by atoms with Gasteiger partial charge in [0.05, 0.1) is 0 Å². The second kappa shape index (κ2) is 6.37. The van der Waals surface area contributed by atoms with Crippen LogP contribution in [0, 0.1) is 5.92 Å². The number of hydrogen-bond acceptors (Lipinski definition) is 3. The van der Waals surface area contributed by atoms with Crippen LogP contribution in [0.2, 0.25) is 0 Å². The highest BCUT2D eigenvalue weighted by Crippen LogP contribution is 2.24. The van der Waals surface area contributed by atoms with Gasteiger partial charge in [0.2, 0.25) is 5.91 Å². The van der Waals surface area contributed by atoms with E-state index in [1.165, 1.54) is 11.3 Å². The Balaban J connectivity index is 1.67. The molecular formula is C18H27N3O. The van der Waals surface area contributed by atoms with Gasteiger partial charge in [-0.2, -0.15) is 0 Å². The lowest BCUT2D eigenvalue weighted by molar-refractivity contribution is -0.138. The maximum absolute atomic E-state index is 12.7. The first-order valence-electron chi connectivity index (χ1n) is 8.50. The fraction of sp³-hybridized carbons (Fsp3) is 0.667. The molecule has 4 nitrogen and oxygen atoms in total. The fourth-order valence-corrected chi connectivity index (χ4v) is 3.46. The molecule has 0 N–H and O–H groups in total. The number of carbonyl (C=O) groups is 1. The van der Waals surface area contributed by atoms with Gasteiger partial charge in [0.15, 0.2) is 0 Å². The van der Waals surface area contributed by atoms with E-state index < -0.39 is 0 Å². The summed E-state index contributed by atoms with van der Waals surface area (Å²) in [4.78, 5) is 21.9. The number of rotatable bonds is 2. The second-order valence-corrected chi connectivity index (χ2v) is 7.08. The Kier molecular flexibility index (Phi) is 4.48. The molecule has 0 spiro atoms. The largest absolute Gasteiger partial charge is 0.338 e. The van der Waals surface area contributed by atoms with Gasteiger partial charge < -0.3 is 9.80 Å². The van der Waals surface area contributed by atoms with Crippen molar-refractivity contribution >= 4 is 5.91 Å². The number of carbonyl (C=O) groups excluding carboxylic acids is 1. The number of nitrogens with zero attached hydrogens (tertiary/aromatic N) is 3. The molecule has 120 valence electrons. The third kappa shape index (κ3) is 3.17. The van der Waals surface area contributed by atoms with Gasteiger partial charge in [0.25, 0.3) is 0 Å². The zero-order valence-electron chi connectivity index (χ0n) is 14.0. The number of hydrogen-bond donors (Lipinski definition) is 0. The molecular weight excluding hydrogens is 274 g/mol. The Morgan fingerprint density at radius 1 is 1.23 bits per heavy atom. The van der Waals surface area contributed by atoms with Gasteiger partial charge in [-0.1, -0.05) is 19.9 Å². The molecule has 3 rings (SSSR count). The summed E-state index contributed by atoms with van der Waals surface area (Å²) in [5, 5.41) is 0. The van der Waals surface area contributed by atoms with Crippen molar-refractivity contribution in [2.24, 2.45) is 5.92 Å². The molecule has 0 unspecified atom stereocenters. The molecule has 2 aliphatic rings. The SMILES string of the molecule is CC(C)c1ccc2c(n1)CCN(C(=O)C1CCN(C)CC1)C2. The minimum Gasteiger partial charge on any atom is -0.338 e. The van der Waals surface area contributed by atoms with Gasteiger partial charge >= 0.3 is 0 Å². The Morgan fingerprint density at radius 2 is 1.95 bits per heavy atom. The van der Waals surface area contributed by atoms with Crippen molar-refractivity contribution in [3.8, 4) is 0 Å². The molecule has 0 aromatic carbocycles. The molecule has 22 heavy (non-hydrogen) atoms. The Bertz CT molecular complexity index is 547. The number of piperidine rings is 1. The van der Waals surface area contributed by atoms with Crippen LogP contribution in [0.25, 0.3) is 0 Å². The van der Waals surface area contributed by atoms with Crippen molar-refractivity contribution in [1.82, 2.24) is 14.8 Å². The highest BCUT2D eigenvalue weighted by molar-refractivity contribution is 5.79. The summed E-state index contributed by atoms with van der Waals surface area (Å²) in [6.45, 7) is 8.00. The molecule has 0 atom stereocenters. The Hall–Kier alpha value is -1.42. The summed E-state index contributed by atoms with van der Waals surface area (Å²) >= 11 is 0. The van der Waals surface area contributed by atoms with Gasteiger partial charge in [-0.15, -0.1) is 0 Å². The lowest BCUT2D eigenvalue weighted by Crippen LogP contribution is -2.43. The molecule has 3 heterocycles. The maximum Gasteiger partial charge on any atom is 0.226 e. The van der Waals surface area contributed by atoms with Crippen LogP contribution in [0.1, 0.15) is 49.6 Å². The summed E-state index contributed by atoms with van der Waals surface area (Å²) in [5.74, 6) is 1.04. The van der Waals surface area contributed by atoms with Gasteiger partial charge in [-0.25, -0.2) is 0 Å². The number of likely N-dealkylation sites (tertiary alicyclic amines) is 1. The minimum atomic E-state index is 0.223. The Labute approximate surface area is 133 Å². The van der Waals surface area contributed by atoms with Crippen LogP contribution in [0.4, 0.5) is 0 Å². The summed E-state index contributed by atoms with van der Waals surface area (Å²) < 4.78 is 0. The number of aromatic nitrogens is 1. The van der Waals surface area contributed by atoms with Crippen LogP contribution in [-0.2, 0) is 17.8 Å². The zero-order valence-corrected chi connectivity index (χ0v) is 14.0. The molecule has 0 bridgehead atoms. The molecule has 1 saturated heterocycles. The predicted octanol–water partition coefficient (Wildman–Crippen LogP) is 2.43. The van der Waals surface area contributed by atoms with Crippen molar-refractivity contribution in [3.05, 3.63) is 29.1 Å². The van der Waals surface area contributed by atoms with Gasteiger partial charge in [0.1, 0.15) is 0 Å². The highest BCUT2D eigenvalue weighted by atomic mass is 16.2. The van der Waals surface area contributed by atoms with Crippen molar-refractivity contribution in [1.29, 1.82) is 0 Å². The summed E-state index contributed by atoms with van der Waals surface area (Å²) in [6.07, 6.45) is 2.90. The monoisotopic (exact) mass is 301 g/mol. The normalized spacial score (nSPS) is 20.3. The quantitative estimate of drug-likeness (QED) is 0.842. The predicted molar refractivity (Wildman–Crippen MR) is 87.7 cm³/mol. The van der Waals surface area contributed by atoms with E-state index in [9.17, 15) is 4.79 Å². The van der Waals surface area contributed by atoms with Crippen LogP contribution in [0.3, 0.4) is 0 Å². The smallest absolute Gasteiger partial charge is 0.226 e. The van der Waals surface area contributed by atoms with E-state index in [2.05, 4.69) is 42.8 Å². The van der Waals surface area contributed by atoms with E-state index in [0.29, 0.717) is 11.8 Å². The molecule has 0 radical (unpaired) electrons. The van der Waals surface area contributed by atoms with Crippen LogP contribution in [0.15, 0.2) is 12.1 Å². The second-order valence-electron chi connectivity index (χ2n) is 7.08. The summed E-state index contributed by atoms with van der Waals surface area (Å²) in [7, 11) is 2.13. The van der Waals surface area contributed by atoms with E-state index >= 15 is 0 Å². The van der Waals surface area contributed by atoms with Crippen LogP contribution in [0.5, 0.6) is 0 Å². The number of pyridine rings is 1. The van der Waals surface area contributed by atoms with E-state index in [1.807, 2.05) is 0 Å². The first-order chi connectivity index (χ1) is 10.5. The minimum absolute atomic E-state index is 0.223. The van der Waals surface area contributed by atoms with E-state index in [4.69, 9.17) is 4.98 Å². The third-order valence-corrected chi connectivity index (χ3v) is 5.04. The average Bonchev–Trinajstić information content (AvgIpc) is 2.54. The molecule has 1 aromatic rings. The van der Waals surface area contributed by atoms with E-state index in [-0.39, 0.29) is 5.92 Å². The standard InChI is InChI=1S/C18H27N3O/c1-13(2)16-5-4-15-12-21(11-8-17(15)19-16)18(22)14-6-9-20(3)10-7-14/h4-5,13-14H,6-12H2,1-3H3. The van der Waals surface area contributed by atoms with Crippen molar-refractivity contribution < 1.29 is 4.79 Å². The zero-order chi connectivity index (χ0) is 15.7. The van der Waals surface area contributed by atoms with E-state index in [1.54, 1.807) is 0 Å². The summed E-state index contributed by atoms with van der Waals surface area (Å²) in [6, 6.07) is 4.29. The lowest BCUT2D eigenvalue weighted by atomic mass is 9.94. The van der Waals surface area contributed by atoms with Crippen LogP contribution >= 0.6 is 0 Å². The van der Waals surface area contributed by atoms with Crippen LogP contribution < -0.4 is 0 Å². The number of fused-ring (bicyclic) bond motifs is 1. The van der Waals surface area contributed by atoms with Crippen molar-refractivity contribution in [2.45, 2.75) is 45.6 Å². The average molecular weight is 301 g/mol. The molecule has 1 fully saturated rings. The molecule has 1 aromatic heterocycles. The van der Waals surface area contributed by atoms with E-state index in [0.717, 1.165) is 51.1 Å². The molecule has 2 aliphatic heterocycles. The van der Waals surface area contributed by atoms with Crippen LogP contribution in [-0.4, -0.2) is 47.4 Å². The van der Waals surface area contributed by atoms with Crippen molar-refractivity contribution in [3.63, 3.8) is 0 Å². The lowest BCUT2D eigenvalue weighted by Gasteiger charge is -2.34. The molecule has 4 heteroatoms. The third-order valence-electron chi connectivity index (χ3n) is 5.04. The van der Waals surface area contributed by atoms with Crippen molar-refractivity contribution in [2.75, 3.05) is 26.7 Å².